The van der Waals surface area contributed by atoms with E-state index < -0.39 is 0 Å². The molecule has 0 spiro atoms. The number of thioether (sulfide) groups is 1. The maximum Gasteiger partial charge on any atom is 0.332 e. The largest absolute Gasteiger partial charge is 0.332 e. The summed E-state index contributed by atoms with van der Waals surface area (Å²) in [6, 6.07) is 0. The van der Waals surface area contributed by atoms with Crippen LogP contribution in [0.25, 0.3) is 11.2 Å². The van der Waals surface area contributed by atoms with Crippen molar-refractivity contribution >= 4 is 22.9 Å². The molecule has 2 rings (SSSR count). The highest BCUT2D eigenvalue weighted by molar-refractivity contribution is 7.99. The van der Waals surface area contributed by atoms with E-state index in [0.717, 1.165) is 15.5 Å². The highest BCUT2D eigenvalue weighted by Gasteiger charge is 2.18. The van der Waals surface area contributed by atoms with Crippen LogP contribution in [0.3, 0.4) is 0 Å². The highest BCUT2D eigenvalue weighted by atomic mass is 32.2. The van der Waals surface area contributed by atoms with Crippen molar-refractivity contribution < 1.29 is 0 Å². The second kappa shape index (κ2) is 5.93. The minimum Gasteiger partial charge on any atom is -0.309 e. The van der Waals surface area contributed by atoms with Gasteiger partial charge in [-0.3, -0.25) is 13.9 Å². The molecule has 0 saturated carbocycles. The van der Waals surface area contributed by atoms with E-state index in [1.165, 1.54) is 11.6 Å². The molecule has 0 aliphatic heterocycles. The van der Waals surface area contributed by atoms with Gasteiger partial charge in [0.25, 0.3) is 5.56 Å². The van der Waals surface area contributed by atoms with Crippen molar-refractivity contribution in [3.63, 3.8) is 0 Å². The lowest BCUT2D eigenvalue weighted by molar-refractivity contribution is 0.699. The Balaban J connectivity index is 2.77. The summed E-state index contributed by atoms with van der Waals surface area (Å²) in [6.45, 7) is 8.48. The molecular formula is C14H20N4O2S. The molecular weight excluding hydrogens is 288 g/mol. The first-order valence-corrected chi connectivity index (χ1v) is 7.77. The fourth-order valence-electron chi connectivity index (χ4n) is 2.08. The molecule has 0 N–H and O–H groups in total. The third-order valence-corrected chi connectivity index (χ3v) is 4.57. The Kier molecular flexibility index (Phi) is 4.41. The van der Waals surface area contributed by atoms with Crippen LogP contribution in [-0.2, 0) is 20.6 Å². The fourth-order valence-corrected chi connectivity index (χ4v) is 3.03. The zero-order chi connectivity index (χ0) is 15.7. The van der Waals surface area contributed by atoms with Gasteiger partial charge in [0.2, 0.25) is 0 Å². The topological polar surface area (TPSA) is 61.8 Å². The minimum atomic E-state index is -0.365. The van der Waals surface area contributed by atoms with Crippen LogP contribution in [0, 0.1) is 5.92 Å². The van der Waals surface area contributed by atoms with E-state index in [1.54, 1.807) is 24.9 Å². The van der Waals surface area contributed by atoms with E-state index in [1.807, 2.05) is 4.57 Å². The summed E-state index contributed by atoms with van der Waals surface area (Å²) < 4.78 is 4.35. The third-order valence-electron chi connectivity index (χ3n) is 3.17. The van der Waals surface area contributed by atoms with Gasteiger partial charge in [-0.25, -0.2) is 9.78 Å². The normalized spacial score (nSPS) is 11.5. The Morgan fingerprint density at radius 2 is 1.95 bits per heavy atom. The van der Waals surface area contributed by atoms with E-state index in [0.29, 0.717) is 23.6 Å². The molecule has 6 nitrogen and oxygen atoms in total. The van der Waals surface area contributed by atoms with Crippen LogP contribution in [0.5, 0.6) is 0 Å². The molecule has 2 aromatic rings. The average Bonchev–Trinajstić information content (AvgIpc) is 2.80. The van der Waals surface area contributed by atoms with Crippen LogP contribution in [0.1, 0.15) is 13.8 Å². The Labute approximate surface area is 127 Å². The maximum atomic E-state index is 12.4. The summed E-state index contributed by atoms with van der Waals surface area (Å²) >= 11 is 1.59. The van der Waals surface area contributed by atoms with Gasteiger partial charge in [-0.15, -0.1) is 6.58 Å². The predicted octanol–water partition coefficient (Wildman–Crippen LogP) is 1.37. The Hall–Kier alpha value is -1.76. The zero-order valence-corrected chi connectivity index (χ0v) is 13.6. The van der Waals surface area contributed by atoms with E-state index in [2.05, 4.69) is 25.4 Å². The number of allylic oxidation sites excluding steroid dienone is 1. The molecule has 0 amide bonds. The van der Waals surface area contributed by atoms with Crippen molar-refractivity contribution in [2.75, 3.05) is 5.75 Å². The summed E-state index contributed by atoms with van der Waals surface area (Å²) in [5.74, 6) is 1.41. The Bertz CT molecular complexity index is 798. The van der Waals surface area contributed by atoms with Crippen molar-refractivity contribution in [3.05, 3.63) is 33.5 Å². The van der Waals surface area contributed by atoms with Gasteiger partial charge < -0.3 is 4.57 Å². The standard InChI is InChI=1S/C14H20N4O2S/c1-6-7-18-10-11(15-13(18)21-8-9(2)3)16(4)14(20)17(5)12(10)19/h6,9H,1,7-8H2,2-5H3. The van der Waals surface area contributed by atoms with E-state index in [-0.39, 0.29) is 11.2 Å². The van der Waals surface area contributed by atoms with Gasteiger partial charge in [0, 0.05) is 26.4 Å². The highest BCUT2D eigenvalue weighted by Crippen LogP contribution is 2.23. The smallest absolute Gasteiger partial charge is 0.309 e. The van der Waals surface area contributed by atoms with Crippen LogP contribution in [0.4, 0.5) is 0 Å². The van der Waals surface area contributed by atoms with E-state index >= 15 is 0 Å². The van der Waals surface area contributed by atoms with Crippen LogP contribution in [-0.4, -0.2) is 24.4 Å². The number of hydrogen-bond donors (Lipinski definition) is 0. The van der Waals surface area contributed by atoms with Crippen LogP contribution in [0.15, 0.2) is 27.4 Å². The lowest BCUT2D eigenvalue weighted by atomic mass is 10.3. The molecule has 2 aromatic heterocycles. The molecule has 114 valence electrons. The first-order chi connectivity index (χ1) is 9.88. The van der Waals surface area contributed by atoms with Gasteiger partial charge >= 0.3 is 5.69 Å². The number of aromatic nitrogens is 4. The van der Waals surface area contributed by atoms with Crippen molar-refractivity contribution in [1.82, 2.24) is 18.7 Å². The summed E-state index contributed by atoms with van der Waals surface area (Å²) in [4.78, 5) is 28.9. The van der Waals surface area contributed by atoms with Crippen molar-refractivity contribution in [3.8, 4) is 0 Å². The van der Waals surface area contributed by atoms with Crippen LogP contribution >= 0.6 is 11.8 Å². The summed E-state index contributed by atoms with van der Waals surface area (Å²) in [7, 11) is 3.11. The fraction of sp³-hybridized carbons (Fsp3) is 0.500. The lowest BCUT2D eigenvalue weighted by Gasteiger charge is -2.07. The molecule has 0 saturated heterocycles. The molecule has 7 heteroatoms. The molecule has 0 radical (unpaired) electrons. The first-order valence-electron chi connectivity index (χ1n) is 6.78. The maximum absolute atomic E-state index is 12.4. The van der Waals surface area contributed by atoms with Gasteiger partial charge in [0.1, 0.15) is 0 Å². The first kappa shape index (κ1) is 15.6. The van der Waals surface area contributed by atoms with Crippen molar-refractivity contribution in [2.24, 2.45) is 20.0 Å². The van der Waals surface area contributed by atoms with Crippen LogP contribution < -0.4 is 11.2 Å². The molecule has 21 heavy (non-hydrogen) atoms. The van der Waals surface area contributed by atoms with E-state index in [9.17, 15) is 9.59 Å². The second-order valence-corrected chi connectivity index (χ2v) is 6.36. The third kappa shape index (κ3) is 2.70. The predicted molar refractivity (Wildman–Crippen MR) is 86.0 cm³/mol. The molecule has 0 unspecified atom stereocenters. The monoisotopic (exact) mass is 308 g/mol. The summed E-state index contributed by atoms with van der Waals surface area (Å²) in [5, 5.41) is 0.747. The van der Waals surface area contributed by atoms with Crippen LogP contribution in [0.2, 0.25) is 0 Å². The van der Waals surface area contributed by atoms with Crippen molar-refractivity contribution in [2.45, 2.75) is 25.5 Å². The van der Waals surface area contributed by atoms with Gasteiger partial charge in [-0.1, -0.05) is 31.7 Å². The SMILES string of the molecule is C=CCn1c(SCC(C)C)nc2c1c(=O)n(C)c(=O)n2C. The van der Waals surface area contributed by atoms with E-state index in [4.69, 9.17) is 0 Å². The molecule has 0 aliphatic carbocycles. The number of hydrogen-bond acceptors (Lipinski definition) is 4. The number of nitrogens with zero attached hydrogens (tertiary/aromatic N) is 4. The van der Waals surface area contributed by atoms with Gasteiger partial charge in [0.15, 0.2) is 16.3 Å². The molecule has 2 heterocycles. The molecule has 0 aromatic carbocycles. The molecule has 0 fully saturated rings. The van der Waals surface area contributed by atoms with Gasteiger partial charge in [-0.2, -0.15) is 0 Å². The Morgan fingerprint density at radius 3 is 2.52 bits per heavy atom. The van der Waals surface area contributed by atoms with Gasteiger partial charge in [-0.05, 0) is 5.92 Å². The number of imidazole rings is 1. The lowest BCUT2D eigenvalue weighted by Crippen LogP contribution is -2.37. The number of fused-ring (bicyclic) bond motifs is 1. The molecule has 0 bridgehead atoms. The number of rotatable bonds is 5. The summed E-state index contributed by atoms with van der Waals surface area (Å²) in [5.41, 5.74) is 0.192. The molecule has 0 atom stereocenters. The zero-order valence-electron chi connectivity index (χ0n) is 12.8. The second-order valence-electron chi connectivity index (χ2n) is 5.38. The average molecular weight is 308 g/mol. The van der Waals surface area contributed by atoms with Gasteiger partial charge in [0.05, 0.1) is 0 Å². The quantitative estimate of drug-likeness (QED) is 0.618. The summed E-state index contributed by atoms with van der Waals surface area (Å²) in [6.07, 6.45) is 1.73. The molecule has 0 aliphatic rings. The number of aryl methyl sites for hydroxylation is 1. The minimum absolute atomic E-state index is 0.321. The Morgan fingerprint density at radius 1 is 1.29 bits per heavy atom. The van der Waals surface area contributed by atoms with Crippen molar-refractivity contribution in [1.29, 1.82) is 0 Å².